The van der Waals surface area contributed by atoms with Gasteiger partial charge in [0.25, 0.3) is 0 Å². The Bertz CT molecular complexity index is 862. The molecule has 2 aromatic rings. The minimum atomic E-state index is -0.470. The van der Waals surface area contributed by atoms with Gasteiger partial charge in [-0.15, -0.1) is 0 Å². The third-order valence-corrected chi connectivity index (χ3v) is 5.68. The van der Waals surface area contributed by atoms with Gasteiger partial charge in [0.15, 0.2) is 0 Å². The van der Waals surface area contributed by atoms with E-state index in [1.807, 2.05) is 24.3 Å². The highest BCUT2D eigenvalue weighted by atomic mass is 16.5. The molecule has 6 heteroatoms. The van der Waals surface area contributed by atoms with Gasteiger partial charge in [0.2, 0.25) is 5.91 Å². The Hall–Kier alpha value is -2.86. The summed E-state index contributed by atoms with van der Waals surface area (Å²) < 4.78 is 10.6. The van der Waals surface area contributed by atoms with Gasteiger partial charge >= 0.3 is 5.97 Å². The Morgan fingerprint density at radius 2 is 1.84 bits per heavy atom. The predicted molar refractivity (Wildman–Crippen MR) is 119 cm³/mol. The first-order valence-corrected chi connectivity index (χ1v) is 10.9. The maximum absolute atomic E-state index is 12.5. The van der Waals surface area contributed by atoms with Crippen LogP contribution < -0.4 is 9.64 Å². The molecule has 1 saturated heterocycles. The molecule has 1 amide bonds. The molecule has 2 unspecified atom stereocenters. The second-order valence-electron chi connectivity index (χ2n) is 7.89. The Kier molecular flexibility index (Phi) is 8.06. The number of benzene rings is 2. The zero-order chi connectivity index (χ0) is 22.2. The van der Waals surface area contributed by atoms with E-state index >= 15 is 0 Å². The van der Waals surface area contributed by atoms with Crippen molar-refractivity contribution in [3.63, 3.8) is 0 Å². The van der Waals surface area contributed by atoms with Crippen LogP contribution in [0.25, 0.3) is 0 Å². The number of unbranched alkanes of at least 4 members (excludes halogenated alkanes) is 2. The van der Waals surface area contributed by atoms with Gasteiger partial charge in [0, 0.05) is 12.1 Å². The predicted octanol–water partition coefficient (Wildman–Crippen LogP) is 4.66. The molecule has 31 heavy (non-hydrogen) atoms. The fraction of sp³-hybridized carbons (Fsp3) is 0.440. The van der Waals surface area contributed by atoms with Crippen molar-refractivity contribution in [1.29, 1.82) is 0 Å². The van der Waals surface area contributed by atoms with Crippen LogP contribution in [0.4, 0.5) is 5.69 Å². The number of esters is 1. The zero-order valence-electron chi connectivity index (χ0n) is 18.3. The largest absolute Gasteiger partial charge is 0.491 e. The smallest absolute Gasteiger partial charge is 0.337 e. The fourth-order valence-electron chi connectivity index (χ4n) is 3.86. The second kappa shape index (κ2) is 11.0. The van der Waals surface area contributed by atoms with E-state index in [0.29, 0.717) is 24.3 Å². The molecule has 1 fully saturated rings. The fourth-order valence-corrected chi connectivity index (χ4v) is 3.86. The maximum atomic E-state index is 12.5. The lowest BCUT2D eigenvalue weighted by Crippen LogP contribution is -2.37. The Labute approximate surface area is 183 Å². The monoisotopic (exact) mass is 425 g/mol. The number of carbonyl (C=O) groups excluding carboxylic acids is 2. The molecule has 2 aromatic carbocycles. The summed E-state index contributed by atoms with van der Waals surface area (Å²) in [7, 11) is 1.35. The molecular formula is C25H31NO5. The molecule has 0 radical (unpaired) electrons. The van der Waals surface area contributed by atoms with Crippen LogP contribution in [0.1, 0.15) is 67.5 Å². The summed E-state index contributed by atoms with van der Waals surface area (Å²) >= 11 is 0. The van der Waals surface area contributed by atoms with Crippen LogP contribution >= 0.6 is 0 Å². The van der Waals surface area contributed by atoms with Gasteiger partial charge in [-0.05, 0) is 54.8 Å². The van der Waals surface area contributed by atoms with E-state index in [2.05, 4.69) is 6.92 Å². The van der Waals surface area contributed by atoms with Gasteiger partial charge in [-0.25, -0.2) is 4.79 Å². The van der Waals surface area contributed by atoms with E-state index in [-0.39, 0.29) is 11.9 Å². The number of rotatable bonds is 10. The van der Waals surface area contributed by atoms with Crippen molar-refractivity contribution in [1.82, 2.24) is 0 Å². The Morgan fingerprint density at radius 3 is 2.48 bits per heavy atom. The molecular weight excluding hydrogens is 394 g/mol. The second-order valence-corrected chi connectivity index (χ2v) is 7.89. The molecule has 166 valence electrons. The number of carbonyl (C=O) groups is 2. The van der Waals surface area contributed by atoms with E-state index in [9.17, 15) is 14.7 Å². The van der Waals surface area contributed by atoms with Crippen LogP contribution in [0.5, 0.6) is 5.75 Å². The van der Waals surface area contributed by atoms with Crippen LogP contribution in [0, 0.1) is 0 Å². The molecule has 3 rings (SSSR count). The number of methoxy groups -OCH3 is 1. The number of amides is 1. The van der Waals surface area contributed by atoms with Gasteiger partial charge < -0.3 is 19.5 Å². The lowest BCUT2D eigenvalue weighted by atomic mass is 10.0. The lowest BCUT2D eigenvalue weighted by Gasteiger charge is -2.25. The standard InChI is InChI=1S/C25H31NO5/c1-3-4-5-6-23(27)18-7-11-20(12-8-18)26-21(13-16-24(26)28)17-31-22-14-9-19(10-15-22)25(29)30-2/h7-12,14-15,21,23,27H,3-6,13,16-17H2,1-2H3. The molecule has 2 atom stereocenters. The molecule has 0 aliphatic carbocycles. The molecule has 1 heterocycles. The van der Waals surface area contributed by atoms with Crippen molar-refractivity contribution in [3.05, 3.63) is 59.7 Å². The third kappa shape index (κ3) is 5.85. The Morgan fingerprint density at radius 1 is 1.13 bits per heavy atom. The quantitative estimate of drug-likeness (QED) is 0.443. The minimum Gasteiger partial charge on any atom is -0.491 e. The summed E-state index contributed by atoms with van der Waals surface area (Å²) in [5.41, 5.74) is 2.16. The number of hydrogen-bond donors (Lipinski definition) is 1. The first kappa shape index (κ1) is 22.8. The molecule has 0 bridgehead atoms. The van der Waals surface area contributed by atoms with Crippen LogP contribution in [0.3, 0.4) is 0 Å². The summed E-state index contributed by atoms with van der Waals surface area (Å²) in [6.45, 7) is 2.51. The molecule has 1 aliphatic rings. The van der Waals surface area contributed by atoms with Crippen molar-refractivity contribution in [2.24, 2.45) is 0 Å². The SMILES string of the molecule is CCCCCC(O)c1ccc(N2C(=O)CCC2COc2ccc(C(=O)OC)cc2)cc1. The average molecular weight is 426 g/mol. The van der Waals surface area contributed by atoms with Crippen molar-refractivity contribution >= 4 is 17.6 Å². The van der Waals surface area contributed by atoms with Gasteiger partial charge in [0.1, 0.15) is 12.4 Å². The van der Waals surface area contributed by atoms with Crippen molar-refractivity contribution < 1.29 is 24.2 Å². The molecule has 6 nitrogen and oxygen atoms in total. The van der Waals surface area contributed by atoms with E-state index in [0.717, 1.165) is 43.4 Å². The topological polar surface area (TPSA) is 76.1 Å². The van der Waals surface area contributed by atoms with Crippen molar-refractivity contribution in [2.45, 2.75) is 57.6 Å². The summed E-state index contributed by atoms with van der Waals surface area (Å²) in [5, 5.41) is 10.4. The maximum Gasteiger partial charge on any atom is 0.337 e. The Balaban J connectivity index is 1.61. The number of aliphatic hydroxyl groups is 1. The third-order valence-electron chi connectivity index (χ3n) is 5.68. The van der Waals surface area contributed by atoms with E-state index in [4.69, 9.17) is 9.47 Å². The summed E-state index contributed by atoms with van der Waals surface area (Å²) in [5.74, 6) is 0.321. The molecule has 0 saturated carbocycles. The van der Waals surface area contributed by atoms with Gasteiger partial charge in [0.05, 0.1) is 24.8 Å². The van der Waals surface area contributed by atoms with Gasteiger partial charge in [-0.1, -0.05) is 38.3 Å². The van der Waals surface area contributed by atoms with Gasteiger partial charge in [-0.3, -0.25) is 4.79 Å². The first-order chi connectivity index (χ1) is 15.0. The normalized spacial score (nSPS) is 16.9. The summed E-state index contributed by atoms with van der Waals surface area (Å²) in [6, 6.07) is 14.3. The highest BCUT2D eigenvalue weighted by molar-refractivity contribution is 5.96. The number of aliphatic hydroxyl groups excluding tert-OH is 1. The van der Waals surface area contributed by atoms with Crippen LogP contribution in [-0.2, 0) is 9.53 Å². The minimum absolute atomic E-state index is 0.0619. The highest BCUT2D eigenvalue weighted by Gasteiger charge is 2.32. The van der Waals surface area contributed by atoms with Crippen molar-refractivity contribution in [2.75, 3.05) is 18.6 Å². The van der Waals surface area contributed by atoms with Crippen molar-refractivity contribution in [3.8, 4) is 5.75 Å². The molecule has 1 N–H and O–H groups in total. The number of nitrogens with zero attached hydrogens (tertiary/aromatic N) is 1. The van der Waals surface area contributed by atoms with E-state index in [1.54, 1.807) is 29.2 Å². The van der Waals surface area contributed by atoms with Crippen LogP contribution in [0.2, 0.25) is 0 Å². The van der Waals surface area contributed by atoms with Gasteiger partial charge in [-0.2, -0.15) is 0 Å². The number of anilines is 1. The summed E-state index contributed by atoms with van der Waals surface area (Å²) in [6.07, 6.45) is 4.73. The number of hydrogen-bond acceptors (Lipinski definition) is 5. The average Bonchev–Trinajstić information content (AvgIpc) is 3.18. The summed E-state index contributed by atoms with van der Waals surface area (Å²) in [4.78, 5) is 25.8. The van der Waals surface area contributed by atoms with E-state index < -0.39 is 12.1 Å². The molecule has 1 aliphatic heterocycles. The molecule has 0 aromatic heterocycles. The van der Waals surface area contributed by atoms with Crippen LogP contribution in [-0.4, -0.2) is 36.7 Å². The lowest BCUT2D eigenvalue weighted by molar-refractivity contribution is -0.117. The van der Waals surface area contributed by atoms with Crippen LogP contribution in [0.15, 0.2) is 48.5 Å². The zero-order valence-corrected chi connectivity index (χ0v) is 18.3. The highest BCUT2D eigenvalue weighted by Crippen LogP contribution is 2.29. The first-order valence-electron chi connectivity index (χ1n) is 10.9. The van der Waals surface area contributed by atoms with E-state index in [1.165, 1.54) is 7.11 Å². The number of ether oxygens (including phenoxy) is 2. The molecule has 0 spiro atoms.